The number of rotatable bonds is 11. The number of hydrogen-bond donors (Lipinski definition) is 5. The summed E-state index contributed by atoms with van der Waals surface area (Å²) in [6.45, 7) is 2.71. The van der Waals surface area contributed by atoms with Gasteiger partial charge in [-0.15, -0.1) is 0 Å². The predicted octanol–water partition coefficient (Wildman–Crippen LogP) is 2.16. The van der Waals surface area contributed by atoms with Crippen LogP contribution in [-0.2, 0) is 19.6 Å². The van der Waals surface area contributed by atoms with Crippen molar-refractivity contribution in [1.29, 1.82) is 0 Å². The van der Waals surface area contributed by atoms with Crippen molar-refractivity contribution >= 4 is 62.0 Å². The molecule has 0 bridgehead atoms. The zero-order valence-corrected chi connectivity index (χ0v) is 23.2. The first-order valence-electron chi connectivity index (χ1n) is 12.1. The summed E-state index contributed by atoms with van der Waals surface area (Å²) in [4.78, 5) is 30.0. The number of nitrogens with one attached hydrogen (secondary N) is 5. The number of ether oxygens (including phenoxy) is 1. The largest absolute Gasteiger partial charge is 0.440 e. The number of carbonyl (C=O) groups is 2. The monoisotopic (exact) mass is 595 g/mol. The third-order valence-corrected chi connectivity index (χ3v) is 8.15. The summed E-state index contributed by atoms with van der Waals surface area (Å²) in [6.07, 6.45) is 1.92. The molecule has 0 aliphatic carbocycles. The van der Waals surface area contributed by atoms with E-state index in [1.54, 1.807) is 24.4 Å². The summed E-state index contributed by atoms with van der Waals surface area (Å²) in [7, 11) is -4.41. The lowest BCUT2D eigenvalue weighted by Crippen LogP contribution is -2.52. The maximum absolute atomic E-state index is 13.3. The molecule has 4 rings (SSSR count). The molecule has 2 heterocycles. The van der Waals surface area contributed by atoms with Gasteiger partial charge in [0, 0.05) is 30.5 Å². The highest BCUT2D eigenvalue weighted by molar-refractivity contribution is 7.89. The number of halogens is 2. The molecule has 1 aromatic heterocycles. The van der Waals surface area contributed by atoms with Crippen LogP contribution in [0.15, 0.2) is 52.5 Å². The van der Waals surface area contributed by atoms with Crippen molar-refractivity contribution in [3.05, 3.63) is 58.2 Å². The van der Waals surface area contributed by atoms with E-state index in [1.165, 1.54) is 18.2 Å². The van der Waals surface area contributed by atoms with Crippen molar-refractivity contribution in [1.82, 2.24) is 30.9 Å². The molecule has 2 unspecified atom stereocenters. The highest BCUT2D eigenvalue weighted by Gasteiger charge is 2.32. The van der Waals surface area contributed by atoms with Gasteiger partial charge in [0.2, 0.25) is 10.0 Å². The average molecular weight is 596 g/mol. The average Bonchev–Trinajstić information content (AvgIpc) is 3.57. The molecule has 5 N–H and O–H groups in total. The summed E-state index contributed by atoms with van der Waals surface area (Å²) in [5, 5.41) is 15.9. The Balaban J connectivity index is 1.54. The molecule has 0 fully saturated rings. The first-order chi connectivity index (χ1) is 18.7. The quantitative estimate of drug-likeness (QED) is 0.166. The van der Waals surface area contributed by atoms with Gasteiger partial charge >= 0.3 is 5.97 Å². The van der Waals surface area contributed by atoms with Gasteiger partial charge in [0.1, 0.15) is 10.9 Å². The fraction of sp³-hybridized carbons (Fsp3) is 0.333. The van der Waals surface area contributed by atoms with Gasteiger partial charge in [-0.25, -0.2) is 8.42 Å². The standard InChI is InChI=1S/C24H27Cl2N7O5S/c1-2-4-20(31-24-27-9-10-28-24)38-23(35)19(33-39(36,37)21-16(25)5-3-6-17(21)26)13-29-22(34)14-7-8-15-12-30-32-18(15)11-14/h3,5-8,11-12,19-20,33H,2,4,9-10,13H2,1H3,(H,29,34)(H,30,32)(H2,27,28,31). The SMILES string of the molecule is CCCC(NC1=NCCN1)OC(=O)C(CNC(=O)c1ccc2cn[nH]c2c1)NS(=O)(=O)c1c(Cl)cccc1Cl. The van der Waals surface area contributed by atoms with E-state index in [2.05, 4.69) is 35.9 Å². The number of guanidine groups is 1. The third kappa shape index (κ3) is 7.18. The number of nitrogens with zero attached hydrogens (tertiary/aromatic N) is 2. The predicted molar refractivity (Wildman–Crippen MR) is 147 cm³/mol. The number of hydrogen-bond acceptors (Lipinski definition) is 9. The Morgan fingerprint density at radius 1 is 1.18 bits per heavy atom. The molecular formula is C24H27Cl2N7O5S. The van der Waals surface area contributed by atoms with E-state index in [1.807, 2.05) is 6.92 Å². The second-order valence-electron chi connectivity index (χ2n) is 8.62. The number of aromatic amines is 1. The minimum absolute atomic E-state index is 0.130. The van der Waals surface area contributed by atoms with Gasteiger partial charge in [-0.05, 0) is 24.3 Å². The van der Waals surface area contributed by atoms with Crippen molar-refractivity contribution in [3.8, 4) is 0 Å². The summed E-state index contributed by atoms with van der Waals surface area (Å²) >= 11 is 12.2. The van der Waals surface area contributed by atoms with E-state index < -0.39 is 45.6 Å². The minimum Gasteiger partial charge on any atom is -0.440 e. The van der Waals surface area contributed by atoms with Gasteiger partial charge in [-0.2, -0.15) is 9.82 Å². The Hall–Kier alpha value is -3.39. The van der Waals surface area contributed by atoms with Gasteiger partial charge in [0.05, 0.1) is 28.3 Å². The lowest BCUT2D eigenvalue weighted by molar-refractivity contribution is -0.152. The lowest BCUT2D eigenvalue weighted by Gasteiger charge is -2.24. The molecule has 1 aliphatic rings. The number of carbonyl (C=O) groups excluding carboxylic acids is 2. The van der Waals surface area contributed by atoms with E-state index in [0.29, 0.717) is 37.4 Å². The molecule has 2 atom stereocenters. The summed E-state index contributed by atoms with van der Waals surface area (Å²) in [5.41, 5.74) is 0.927. The lowest BCUT2D eigenvalue weighted by atomic mass is 10.1. The molecule has 208 valence electrons. The molecule has 0 saturated carbocycles. The zero-order chi connectivity index (χ0) is 28.0. The van der Waals surface area contributed by atoms with Crippen LogP contribution in [0.5, 0.6) is 0 Å². The van der Waals surface area contributed by atoms with Crippen molar-refractivity contribution in [2.75, 3.05) is 19.6 Å². The fourth-order valence-corrected chi connectivity index (χ4v) is 6.15. The molecule has 0 radical (unpaired) electrons. The number of H-pyrrole nitrogens is 1. The van der Waals surface area contributed by atoms with Crippen molar-refractivity contribution < 1.29 is 22.7 Å². The van der Waals surface area contributed by atoms with E-state index in [4.69, 9.17) is 27.9 Å². The topological polar surface area (TPSA) is 167 Å². The molecule has 3 aromatic rings. The van der Waals surface area contributed by atoms with Crippen molar-refractivity contribution in [2.24, 2.45) is 4.99 Å². The minimum atomic E-state index is -4.41. The Labute approximate surface area is 234 Å². The van der Waals surface area contributed by atoms with Crippen LogP contribution in [0.25, 0.3) is 10.9 Å². The Morgan fingerprint density at radius 2 is 1.95 bits per heavy atom. The van der Waals surface area contributed by atoms with Gasteiger partial charge < -0.3 is 20.7 Å². The highest BCUT2D eigenvalue weighted by Crippen LogP contribution is 2.29. The maximum Gasteiger partial charge on any atom is 0.327 e. The normalized spacial score (nSPS) is 14.8. The molecule has 12 nitrogen and oxygen atoms in total. The van der Waals surface area contributed by atoms with Gasteiger partial charge in [0.15, 0.2) is 12.2 Å². The van der Waals surface area contributed by atoms with E-state index in [-0.39, 0.29) is 15.6 Å². The number of amides is 1. The maximum atomic E-state index is 13.3. The smallest absolute Gasteiger partial charge is 0.327 e. The number of esters is 1. The second-order valence-corrected chi connectivity index (χ2v) is 11.1. The molecule has 0 saturated heterocycles. The van der Waals surface area contributed by atoms with Crippen LogP contribution in [0.4, 0.5) is 0 Å². The third-order valence-electron chi connectivity index (χ3n) is 5.72. The van der Waals surface area contributed by atoms with Crippen molar-refractivity contribution in [2.45, 2.75) is 36.9 Å². The highest BCUT2D eigenvalue weighted by atomic mass is 35.5. The van der Waals surface area contributed by atoms with E-state index in [9.17, 15) is 18.0 Å². The van der Waals surface area contributed by atoms with E-state index >= 15 is 0 Å². The molecule has 2 aromatic carbocycles. The van der Waals surface area contributed by atoms with Crippen LogP contribution in [0, 0.1) is 0 Å². The first kappa shape index (κ1) is 28.6. The van der Waals surface area contributed by atoms with Crippen LogP contribution < -0.4 is 20.7 Å². The van der Waals surface area contributed by atoms with Crippen LogP contribution in [0.1, 0.15) is 30.1 Å². The Bertz CT molecular complexity index is 1470. The number of sulfonamides is 1. The van der Waals surface area contributed by atoms with E-state index in [0.717, 1.165) is 5.39 Å². The molecule has 39 heavy (non-hydrogen) atoms. The summed E-state index contributed by atoms with van der Waals surface area (Å²) < 4.78 is 34.4. The molecule has 15 heteroatoms. The molecule has 1 aliphatic heterocycles. The number of aromatic nitrogens is 2. The molecule has 0 spiro atoms. The van der Waals surface area contributed by atoms with Crippen LogP contribution in [0.3, 0.4) is 0 Å². The first-order valence-corrected chi connectivity index (χ1v) is 14.3. The number of aliphatic imine (C=N–C) groups is 1. The summed E-state index contributed by atoms with van der Waals surface area (Å²) in [5.74, 6) is -0.980. The molecule has 1 amide bonds. The number of fused-ring (bicyclic) bond motifs is 1. The second kappa shape index (κ2) is 12.6. The van der Waals surface area contributed by atoms with Gasteiger partial charge in [0.25, 0.3) is 5.91 Å². The van der Waals surface area contributed by atoms with Crippen molar-refractivity contribution in [3.63, 3.8) is 0 Å². The van der Waals surface area contributed by atoms with Crippen LogP contribution in [0.2, 0.25) is 10.0 Å². The Morgan fingerprint density at radius 3 is 2.64 bits per heavy atom. The number of benzene rings is 2. The van der Waals surface area contributed by atoms with Crippen LogP contribution in [-0.4, -0.2) is 68.4 Å². The zero-order valence-electron chi connectivity index (χ0n) is 20.8. The Kier molecular flexibility index (Phi) is 9.28. The van der Waals surface area contributed by atoms with Gasteiger partial charge in [-0.3, -0.25) is 19.7 Å². The van der Waals surface area contributed by atoms with Crippen LogP contribution >= 0.6 is 23.2 Å². The summed E-state index contributed by atoms with van der Waals surface area (Å²) in [6, 6.07) is 7.59. The van der Waals surface area contributed by atoms with Gasteiger partial charge in [-0.1, -0.05) is 48.7 Å². The fourth-order valence-electron chi connectivity index (χ4n) is 3.83. The molecular weight excluding hydrogens is 569 g/mol.